The maximum Gasteiger partial charge on any atom is 0.0249 e. The molecule has 3 fully saturated rings. The molecule has 0 spiro atoms. The SMILES string of the molecule is CC(C)C1CN2CCCCC2CN1C1CCC(C)C1C. The fourth-order valence-corrected chi connectivity index (χ4v) is 5.01. The van der Waals surface area contributed by atoms with E-state index in [2.05, 4.69) is 37.5 Å². The van der Waals surface area contributed by atoms with Gasteiger partial charge in [-0.2, -0.15) is 0 Å². The zero-order valence-corrected chi connectivity index (χ0v) is 14.0. The van der Waals surface area contributed by atoms with Crippen LogP contribution in [0, 0.1) is 17.8 Å². The molecule has 1 saturated carbocycles. The molecule has 2 heteroatoms. The summed E-state index contributed by atoms with van der Waals surface area (Å²) in [5.74, 6) is 2.62. The summed E-state index contributed by atoms with van der Waals surface area (Å²) < 4.78 is 0. The summed E-state index contributed by atoms with van der Waals surface area (Å²) in [6.07, 6.45) is 7.22. The lowest BCUT2D eigenvalue weighted by Gasteiger charge is -2.52. The molecule has 2 heterocycles. The number of piperidine rings is 1. The summed E-state index contributed by atoms with van der Waals surface area (Å²) in [7, 11) is 0. The van der Waals surface area contributed by atoms with Crippen molar-refractivity contribution in [1.82, 2.24) is 9.80 Å². The first-order valence-electron chi connectivity index (χ1n) is 9.07. The summed E-state index contributed by atoms with van der Waals surface area (Å²) in [5.41, 5.74) is 0. The normalized spacial score (nSPS) is 44.0. The van der Waals surface area contributed by atoms with E-state index in [-0.39, 0.29) is 0 Å². The lowest BCUT2D eigenvalue weighted by molar-refractivity contribution is -0.0381. The zero-order valence-electron chi connectivity index (χ0n) is 14.0. The smallest absolute Gasteiger partial charge is 0.0249 e. The van der Waals surface area contributed by atoms with Crippen molar-refractivity contribution in [3.8, 4) is 0 Å². The molecule has 2 saturated heterocycles. The molecule has 0 bridgehead atoms. The van der Waals surface area contributed by atoms with Crippen LogP contribution in [-0.2, 0) is 0 Å². The molecular weight excluding hydrogens is 244 g/mol. The third kappa shape index (κ3) is 2.66. The second kappa shape index (κ2) is 5.96. The van der Waals surface area contributed by atoms with Crippen molar-refractivity contribution in [1.29, 1.82) is 0 Å². The summed E-state index contributed by atoms with van der Waals surface area (Å²) in [5, 5.41) is 0. The minimum atomic E-state index is 0.793. The van der Waals surface area contributed by atoms with Gasteiger partial charge in [0.05, 0.1) is 0 Å². The van der Waals surface area contributed by atoms with Gasteiger partial charge in [0.2, 0.25) is 0 Å². The second-order valence-electron chi connectivity index (χ2n) is 8.13. The first kappa shape index (κ1) is 14.8. The van der Waals surface area contributed by atoms with Gasteiger partial charge in [0.25, 0.3) is 0 Å². The lowest BCUT2D eigenvalue weighted by atomic mass is 9.88. The number of nitrogens with zero attached hydrogens (tertiary/aromatic N) is 2. The van der Waals surface area contributed by atoms with E-state index < -0.39 is 0 Å². The zero-order chi connectivity index (χ0) is 14.3. The molecule has 20 heavy (non-hydrogen) atoms. The molecule has 5 unspecified atom stereocenters. The van der Waals surface area contributed by atoms with Crippen molar-refractivity contribution in [2.45, 2.75) is 77.9 Å². The van der Waals surface area contributed by atoms with Crippen LogP contribution in [0.15, 0.2) is 0 Å². The van der Waals surface area contributed by atoms with E-state index in [1.54, 1.807) is 0 Å². The molecule has 0 N–H and O–H groups in total. The molecular formula is C18H34N2. The van der Waals surface area contributed by atoms with Crippen molar-refractivity contribution in [3.05, 3.63) is 0 Å². The largest absolute Gasteiger partial charge is 0.298 e. The maximum absolute atomic E-state index is 2.95. The van der Waals surface area contributed by atoms with Gasteiger partial charge < -0.3 is 0 Å². The predicted octanol–water partition coefficient (Wildman–Crippen LogP) is 3.62. The van der Waals surface area contributed by atoms with E-state index in [1.807, 2.05) is 0 Å². The van der Waals surface area contributed by atoms with E-state index in [4.69, 9.17) is 0 Å². The Morgan fingerprint density at radius 2 is 1.75 bits per heavy atom. The van der Waals surface area contributed by atoms with Crippen molar-refractivity contribution in [2.75, 3.05) is 19.6 Å². The minimum absolute atomic E-state index is 0.793. The van der Waals surface area contributed by atoms with Gasteiger partial charge in [0.1, 0.15) is 0 Å². The van der Waals surface area contributed by atoms with E-state index in [9.17, 15) is 0 Å². The first-order valence-corrected chi connectivity index (χ1v) is 9.07. The van der Waals surface area contributed by atoms with E-state index in [1.165, 1.54) is 51.7 Å². The second-order valence-corrected chi connectivity index (χ2v) is 8.13. The Hall–Kier alpha value is -0.0800. The number of rotatable bonds is 2. The Balaban J connectivity index is 1.76. The third-order valence-electron chi connectivity index (χ3n) is 6.64. The Morgan fingerprint density at radius 1 is 0.950 bits per heavy atom. The molecule has 0 aromatic carbocycles. The minimum Gasteiger partial charge on any atom is -0.298 e. The number of hydrogen-bond donors (Lipinski definition) is 0. The van der Waals surface area contributed by atoms with Gasteiger partial charge in [-0.1, -0.05) is 34.1 Å². The quantitative estimate of drug-likeness (QED) is 0.761. The van der Waals surface area contributed by atoms with Gasteiger partial charge >= 0.3 is 0 Å². The molecule has 0 aromatic heterocycles. The molecule has 0 radical (unpaired) electrons. The Bertz CT molecular complexity index is 327. The van der Waals surface area contributed by atoms with Crippen molar-refractivity contribution >= 4 is 0 Å². The van der Waals surface area contributed by atoms with Gasteiger partial charge in [0, 0.05) is 31.2 Å². The summed E-state index contributed by atoms with van der Waals surface area (Å²) in [4.78, 5) is 5.76. The Morgan fingerprint density at radius 3 is 2.40 bits per heavy atom. The molecule has 3 aliphatic rings. The highest BCUT2D eigenvalue weighted by Gasteiger charge is 2.43. The van der Waals surface area contributed by atoms with Crippen LogP contribution in [0.4, 0.5) is 0 Å². The fraction of sp³-hybridized carbons (Fsp3) is 1.00. The monoisotopic (exact) mass is 278 g/mol. The average molecular weight is 278 g/mol. The van der Waals surface area contributed by atoms with Crippen LogP contribution in [0.5, 0.6) is 0 Å². The average Bonchev–Trinajstić information content (AvgIpc) is 2.77. The molecule has 2 nitrogen and oxygen atoms in total. The number of piperazine rings is 1. The molecule has 116 valence electrons. The summed E-state index contributed by atoms with van der Waals surface area (Å²) >= 11 is 0. The van der Waals surface area contributed by atoms with E-state index in [0.717, 1.165) is 35.9 Å². The van der Waals surface area contributed by atoms with Gasteiger partial charge in [-0.25, -0.2) is 0 Å². The highest BCUT2D eigenvalue weighted by atomic mass is 15.3. The molecule has 5 atom stereocenters. The third-order valence-corrected chi connectivity index (χ3v) is 6.64. The van der Waals surface area contributed by atoms with Gasteiger partial charge in [-0.3, -0.25) is 9.80 Å². The molecule has 0 amide bonds. The van der Waals surface area contributed by atoms with Crippen molar-refractivity contribution in [3.63, 3.8) is 0 Å². The van der Waals surface area contributed by atoms with Crippen LogP contribution < -0.4 is 0 Å². The van der Waals surface area contributed by atoms with Crippen LogP contribution in [0.1, 0.15) is 59.8 Å². The predicted molar refractivity (Wildman–Crippen MR) is 85.9 cm³/mol. The van der Waals surface area contributed by atoms with Gasteiger partial charge in [0.15, 0.2) is 0 Å². The molecule has 3 rings (SSSR count). The van der Waals surface area contributed by atoms with Crippen LogP contribution in [0.3, 0.4) is 0 Å². The number of fused-ring (bicyclic) bond motifs is 1. The first-order chi connectivity index (χ1) is 9.58. The summed E-state index contributed by atoms with van der Waals surface area (Å²) in [6.45, 7) is 13.9. The maximum atomic E-state index is 2.95. The summed E-state index contributed by atoms with van der Waals surface area (Å²) in [6, 6.07) is 2.52. The number of hydrogen-bond acceptors (Lipinski definition) is 2. The van der Waals surface area contributed by atoms with Gasteiger partial charge in [-0.15, -0.1) is 0 Å². The topological polar surface area (TPSA) is 6.48 Å². The fourth-order valence-electron chi connectivity index (χ4n) is 5.01. The molecule has 0 aromatic rings. The van der Waals surface area contributed by atoms with Crippen LogP contribution in [-0.4, -0.2) is 47.6 Å². The van der Waals surface area contributed by atoms with Crippen molar-refractivity contribution < 1.29 is 0 Å². The highest BCUT2D eigenvalue weighted by molar-refractivity contribution is 4.98. The Labute approximate surface area is 125 Å². The van der Waals surface area contributed by atoms with Crippen LogP contribution in [0.2, 0.25) is 0 Å². The van der Waals surface area contributed by atoms with Crippen LogP contribution >= 0.6 is 0 Å². The molecule has 1 aliphatic carbocycles. The lowest BCUT2D eigenvalue weighted by Crippen LogP contribution is -2.63. The van der Waals surface area contributed by atoms with E-state index >= 15 is 0 Å². The Kier molecular flexibility index (Phi) is 4.42. The van der Waals surface area contributed by atoms with Gasteiger partial charge in [-0.05, 0) is 50.0 Å². The standard InChI is InChI=1S/C18H34N2/c1-13(2)18-12-19-10-6-5-7-16(19)11-20(18)17-9-8-14(3)15(17)4/h13-18H,5-12H2,1-4H3. The van der Waals surface area contributed by atoms with E-state index in [0.29, 0.717) is 0 Å². The molecule has 2 aliphatic heterocycles. The van der Waals surface area contributed by atoms with Crippen LogP contribution in [0.25, 0.3) is 0 Å². The highest BCUT2D eigenvalue weighted by Crippen LogP contribution is 2.39. The van der Waals surface area contributed by atoms with Crippen molar-refractivity contribution in [2.24, 2.45) is 17.8 Å².